The van der Waals surface area contributed by atoms with Crippen LogP contribution in [0, 0.1) is 5.92 Å². The maximum Gasteiger partial charge on any atom is 0.222 e. The number of aliphatic hydroxyl groups is 1. The smallest absolute Gasteiger partial charge is 0.222 e. The summed E-state index contributed by atoms with van der Waals surface area (Å²) in [7, 11) is 0. The summed E-state index contributed by atoms with van der Waals surface area (Å²) in [6.07, 6.45) is 3.50. The predicted molar refractivity (Wildman–Crippen MR) is 57.4 cm³/mol. The Hall–Kier alpha value is -0.610. The quantitative estimate of drug-likeness (QED) is 0.690. The second kappa shape index (κ2) is 4.94. The van der Waals surface area contributed by atoms with Gasteiger partial charge in [-0.2, -0.15) is 0 Å². The van der Waals surface area contributed by atoms with Gasteiger partial charge in [0.25, 0.3) is 0 Å². The number of likely N-dealkylation sites (tertiary alicyclic amines) is 1. The average molecular weight is 212 g/mol. The second-order valence-electron chi connectivity index (χ2n) is 4.52. The number of carbonyl (C=O) groups is 1. The van der Waals surface area contributed by atoms with E-state index in [4.69, 9.17) is 5.11 Å². The fourth-order valence-electron chi connectivity index (χ4n) is 2.78. The van der Waals surface area contributed by atoms with Crippen molar-refractivity contribution < 1.29 is 9.90 Å². The largest absolute Gasteiger partial charge is 0.396 e. The van der Waals surface area contributed by atoms with Crippen molar-refractivity contribution in [2.45, 2.75) is 31.7 Å². The minimum atomic E-state index is 0.180. The highest BCUT2D eigenvalue weighted by Crippen LogP contribution is 2.28. The van der Waals surface area contributed by atoms with E-state index in [9.17, 15) is 4.79 Å². The molecule has 4 nitrogen and oxygen atoms in total. The van der Waals surface area contributed by atoms with Crippen LogP contribution in [0.2, 0.25) is 0 Å². The van der Waals surface area contributed by atoms with E-state index in [1.165, 1.54) is 0 Å². The molecule has 2 saturated heterocycles. The number of hydrogen-bond donors (Lipinski definition) is 2. The highest BCUT2D eigenvalue weighted by molar-refractivity contribution is 5.77. The summed E-state index contributed by atoms with van der Waals surface area (Å²) in [6, 6.07) is 0.430. The number of rotatable bonds is 3. The van der Waals surface area contributed by atoms with Crippen molar-refractivity contribution in [3.63, 3.8) is 0 Å². The van der Waals surface area contributed by atoms with Crippen LogP contribution in [0.25, 0.3) is 0 Å². The van der Waals surface area contributed by atoms with E-state index in [1.54, 1.807) is 0 Å². The third kappa shape index (κ3) is 2.32. The normalized spacial score (nSPS) is 31.5. The molecular weight excluding hydrogens is 192 g/mol. The summed E-state index contributed by atoms with van der Waals surface area (Å²) < 4.78 is 0. The molecule has 0 radical (unpaired) electrons. The van der Waals surface area contributed by atoms with Gasteiger partial charge in [0, 0.05) is 25.6 Å². The number of hydrogen-bond acceptors (Lipinski definition) is 3. The number of piperidine rings is 2. The molecule has 0 aliphatic carbocycles. The molecule has 2 aliphatic heterocycles. The molecule has 0 spiro atoms. The molecule has 15 heavy (non-hydrogen) atoms. The van der Waals surface area contributed by atoms with E-state index in [0.29, 0.717) is 24.8 Å². The van der Waals surface area contributed by atoms with Crippen molar-refractivity contribution in [1.29, 1.82) is 0 Å². The van der Waals surface area contributed by atoms with Crippen LogP contribution in [0.1, 0.15) is 25.7 Å². The van der Waals surface area contributed by atoms with Crippen molar-refractivity contribution in [2.75, 3.05) is 26.2 Å². The minimum Gasteiger partial charge on any atom is -0.396 e. The lowest BCUT2D eigenvalue weighted by Crippen LogP contribution is -2.55. The van der Waals surface area contributed by atoms with Gasteiger partial charge in [-0.3, -0.25) is 4.79 Å². The molecule has 0 bridgehead atoms. The molecule has 0 aromatic carbocycles. The highest BCUT2D eigenvalue weighted by atomic mass is 16.3. The van der Waals surface area contributed by atoms with Crippen LogP contribution in [0.4, 0.5) is 0 Å². The van der Waals surface area contributed by atoms with Crippen LogP contribution in [0.15, 0.2) is 0 Å². The van der Waals surface area contributed by atoms with E-state index >= 15 is 0 Å². The number of fused-ring (bicyclic) bond motifs is 1. The van der Waals surface area contributed by atoms with Gasteiger partial charge >= 0.3 is 0 Å². The Morgan fingerprint density at radius 3 is 3.13 bits per heavy atom. The lowest BCUT2D eigenvalue weighted by Gasteiger charge is -2.44. The summed E-state index contributed by atoms with van der Waals surface area (Å²) in [4.78, 5) is 13.8. The molecule has 2 fully saturated rings. The zero-order valence-corrected chi connectivity index (χ0v) is 9.11. The Labute approximate surface area is 90.6 Å². The van der Waals surface area contributed by atoms with E-state index < -0.39 is 0 Å². The van der Waals surface area contributed by atoms with Crippen LogP contribution in [0.5, 0.6) is 0 Å². The molecule has 0 saturated carbocycles. The van der Waals surface area contributed by atoms with Gasteiger partial charge in [0.15, 0.2) is 0 Å². The molecule has 2 heterocycles. The Morgan fingerprint density at radius 2 is 2.33 bits per heavy atom. The first-order valence-corrected chi connectivity index (χ1v) is 5.94. The lowest BCUT2D eigenvalue weighted by atomic mass is 9.84. The van der Waals surface area contributed by atoms with E-state index in [1.807, 2.05) is 4.90 Å². The third-order valence-corrected chi connectivity index (χ3v) is 3.57. The Bertz CT molecular complexity index is 233. The highest BCUT2D eigenvalue weighted by Gasteiger charge is 2.36. The monoisotopic (exact) mass is 212 g/mol. The minimum absolute atomic E-state index is 0.180. The number of carbonyl (C=O) groups excluding carboxylic acids is 1. The summed E-state index contributed by atoms with van der Waals surface area (Å²) in [5.74, 6) is 0.918. The summed E-state index contributed by atoms with van der Waals surface area (Å²) >= 11 is 0. The van der Waals surface area contributed by atoms with Gasteiger partial charge in [-0.25, -0.2) is 0 Å². The van der Waals surface area contributed by atoms with E-state index in [-0.39, 0.29) is 12.5 Å². The van der Waals surface area contributed by atoms with Crippen LogP contribution < -0.4 is 5.32 Å². The fourth-order valence-corrected chi connectivity index (χ4v) is 2.78. The molecule has 4 heteroatoms. The molecule has 2 aliphatic rings. The topological polar surface area (TPSA) is 52.6 Å². The molecule has 2 atom stereocenters. The molecule has 0 aromatic rings. The first kappa shape index (κ1) is 10.9. The number of nitrogens with one attached hydrogen (secondary N) is 1. The molecule has 2 rings (SSSR count). The first-order chi connectivity index (χ1) is 7.33. The van der Waals surface area contributed by atoms with E-state index in [2.05, 4.69) is 5.32 Å². The maximum atomic E-state index is 11.8. The van der Waals surface area contributed by atoms with Gasteiger partial charge in [-0.1, -0.05) is 0 Å². The van der Waals surface area contributed by atoms with Crippen molar-refractivity contribution in [3.8, 4) is 0 Å². The third-order valence-electron chi connectivity index (χ3n) is 3.57. The zero-order valence-electron chi connectivity index (χ0n) is 9.11. The Kier molecular flexibility index (Phi) is 3.59. The number of nitrogens with zero attached hydrogens (tertiary/aromatic N) is 1. The molecule has 0 aromatic heterocycles. The molecular formula is C11H20N2O2. The summed E-state index contributed by atoms with van der Waals surface area (Å²) in [6.45, 7) is 2.98. The van der Waals surface area contributed by atoms with Crippen molar-refractivity contribution >= 4 is 5.91 Å². The standard InChI is InChI=1S/C11H20N2O2/c14-7-1-6-13-10-4-5-12-8-9(10)2-3-11(13)15/h9-10,12,14H,1-8H2. The molecule has 1 amide bonds. The van der Waals surface area contributed by atoms with Gasteiger partial charge in [-0.05, 0) is 38.3 Å². The molecule has 86 valence electrons. The van der Waals surface area contributed by atoms with Crippen LogP contribution in [0.3, 0.4) is 0 Å². The van der Waals surface area contributed by atoms with Crippen LogP contribution in [-0.4, -0.2) is 48.2 Å². The SMILES string of the molecule is O=C1CCC2CNCCC2N1CCCO. The van der Waals surface area contributed by atoms with Gasteiger partial charge in [0.1, 0.15) is 0 Å². The maximum absolute atomic E-state index is 11.8. The average Bonchev–Trinajstić information content (AvgIpc) is 2.28. The fraction of sp³-hybridized carbons (Fsp3) is 0.909. The molecule has 2 N–H and O–H groups in total. The summed E-state index contributed by atoms with van der Waals surface area (Å²) in [5.41, 5.74) is 0. The number of amides is 1. The number of aliphatic hydroxyl groups excluding tert-OH is 1. The van der Waals surface area contributed by atoms with Crippen molar-refractivity contribution in [1.82, 2.24) is 10.2 Å². The van der Waals surface area contributed by atoms with Crippen LogP contribution >= 0.6 is 0 Å². The van der Waals surface area contributed by atoms with E-state index in [0.717, 1.165) is 32.5 Å². The second-order valence-corrected chi connectivity index (χ2v) is 4.52. The predicted octanol–water partition coefficient (Wildman–Crippen LogP) is -0.0307. The van der Waals surface area contributed by atoms with Gasteiger partial charge in [-0.15, -0.1) is 0 Å². The Balaban J connectivity index is 1.99. The van der Waals surface area contributed by atoms with Crippen molar-refractivity contribution in [2.24, 2.45) is 5.92 Å². The molecule has 2 unspecified atom stereocenters. The van der Waals surface area contributed by atoms with Crippen molar-refractivity contribution in [3.05, 3.63) is 0 Å². The van der Waals surface area contributed by atoms with Gasteiger partial charge in [0.2, 0.25) is 5.91 Å². The van der Waals surface area contributed by atoms with Gasteiger partial charge in [0.05, 0.1) is 0 Å². The Morgan fingerprint density at radius 1 is 1.47 bits per heavy atom. The summed E-state index contributed by atoms with van der Waals surface area (Å²) in [5, 5.41) is 12.2. The van der Waals surface area contributed by atoms with Crippen LogP contribution in [-0.2, 0) is 4.79 Å². The lowest BCUT2D eigenvalue weighted by molar-refractivity contribution is -0.139. The van der Waals surface area contributed by atoms with Gasteiger partial charge < -0.3 is 15.3 Å². The first-order valence-electron chi connectivity index (χ1n) is 5.94. The zero-order chi connectivity index (χ0) is 10.7.